The number of rotatable bonds is 4. The molecule has 0 aliphatic carbocycles. The van der Waals surface area contributed by atoms with E-state index in [0.717, 1.165) is 24.8 Å². The van der Waals surface area contributed by atoms with E-state index in [0.29, 0.717) is 19.7 Å². The average molecular weight is 328 g/mol. The molecular weight excluding hydrogens is 300 g/mol. The van der Waals surface area contributed by atoms with Gasteiger partial charge in [0.1, 0.15) is 6.61 Å². The van der Waals surface area contributed by atoms with Crippen LogP contribution in [0.1, 0.15) is 38.7 Å². The summed E-state index contributed by atoms with van der Waals surface area (Å²) >= 11 is 0. The smallest absolute Gasteiger partial charge is 0.410 e. The second-order valence-corrected chi connectivity index (χ2v) is 6.22. The molecule has 1 atom stereocenters. The fourth-order valence-corrected chi connectivity index (χ4v) is 2.92. The SMILES string of the molecule is CC/C=C1/CCN(C(=O)OCc2ccccc2)CC/C1=C/C(C)N. The van der Waals surface area contributed by atoms with Crippen LogP contribution in [-0.2, 0) is 11.3 Å². The maximum Gasteiger partial charge on any atom is 0.410 e. The van der Waals surface area contributed by atoms with Crippen molar-refractivity contribution in [3.63, 3.8) is 0 Å². The Morgan fingerprint density at radius 3 is 2.54 bits per heavy atom. The number of nitrogens with two attached hydrogens (primary N) is 1. The monoisotopic (exact) mass is 328 g/mol. The van der Waals surface area contributed by atoms with Crippen LogP contribution in [0.2, 0.25) is 0 Å². The summed E-state index contributed by atoms with van der Waals surface area (Å²) in [5, 5.41) is 0. The molecule has 1 heterocycles. The number of nitrogens with zero attached hydrogens (tertiary/aromatic N) is 1. The van der Waals surface area contributed by atoms with Gasteiger partial charge in [-0.15, -0.1) is 0 Å². The van der Waals surface area contributed by atoms with Crippen molar-refractivity contribution >= 4 is 6.09 Å². The van der Waals surface area contributed by atoms with E-state index in [1.807, 2.05) is 37.3 Å². The van der Waals surface area contributed by atoms with Gasteiger partial charge in [-0.1, -0.05) is 49.4 Å². The summed E-state index contributed by atoms with van der Waals surface area (Å²) in [6, 6.07) is 9.79. The molecular formula is C20H28N2O2. The number of allylic oxidation sites excluding steroid dienone is 1. The van der Waals surface area contributed by atoms with Crippen LogP contribution in [0.15, 0.2) is 53.6 Å². The predicted molar refractivity (Wildman–Crippen MR) is 97.5 cm³/mol. The second kappa shape index (κ2) is 9.28. The van der Waals surface area contributed by atoms with Crippen molar-refractivity contribution in [1.29, 1.82) is 0 Å². The molecule has 1 aromatic rings. The molecule has 0 bridgehead atoms. The van der Waals surface area contributed by atoms with Gasteiger partial charge in [-0.3, -0.25) is 0 Å². The first-order valence-corrected chi connectivity index (χ1v) is 8.71. The standard InChI is InChI=1S/C20H28N2O2/c1-3-7-18-10-12-22(13-11-19(18)14-16(2)21)20(23)24-15-17-8-5-4-6-9-17/h4-9,14,16H,3,10-13,15,21H2,1-2H3/b18-7-,19-14-. The lowest BCUT2D eigenvalue weighted by molar-refractivity contribution is 0.0980. The third-order valence-corrected chi connectivity index (χ3v) is 4.09. The summed E-state index contributed by atoms with van der Waals surface area (Å²) in [4.78, 5) is 14.2. The van der Waals surface area contributed by atoms with Crippen molar-refractivity contribution in [1.82, 2.24) is 4.90 Å². The minimum atomic E-state index is -0.239. The van der Waals surface area contributed by atoms with Crippen molar-refractivity contribution < 1.29 is 9.53 Å². The third-order valence-electron chi connectivity index (χ3n) is 4.09. The Morgan fingerprint density at radius 1 is 1.25 bits per heavy atom. The minimum Gasteiger partial charge on any atom is -0.445 e. The maximum atomic E-state index is 12.4. The second-order valence-electron chi connectivity index (χ2n) is 6.22. The molecule has 0 aromatic heterocycles. The van der Waals surface area contributed by atoms with Crippen LogP contribution < -0.4 is 5.73 Å². The average Bonchev–Trinajstić information content (AvgIpc) is 2.77. The van der Waals surface area contributed by atoms with Gasteiger partial charge in [0.25, 0.3) is 0 Å². The van der Waals surface area contributed by atoms with Crippen LogP contribution in [0.5, 0.6) is 0 Å². The molecule has 1 fully saturated rings. The van der Waals surface area contributed by atoms with E-state index in [1.165, 1.54) is 11.1 Å². The van der Waals surface area contributed by atoms with E-state index < -0.39 is 0 Å². The number of hydrogen-bond donors (Lipinski definition) is 1. The Kier molecular flexibility index (Phi) is 7.07. The lowest BCUT2D eigenvalue weighted by atomic mass is 9.98. The molecule has 24 heavy (non-hydrogen) atoms. The first-order valence-electron chi connectivity index (χ1n) is 8.71. The Bertz CT molecular complexity index is 591. The Labute approximate surface area is 145 Å². The van der Waals surface area contributed by atoms with E-state index >= 15 is 0 Å². The first-order chi connectivity index (χ1) is 11.6. The summed E-state index contributed by atoms with van der Waals surface area (Å²) in [5.74, 6) is 0. The van der Waals surface area contributed by atoms with Crippen molar-refractivity contribution in [3.8, 4) is 0 Å². The highest BCUT2D eigenvalue weighted by atomic mass is 16.6. The summed E-state index contributed by atoms with van der Waals surface area (Å²) in [6.07, 6.45) is 6.79. The maximum absolute atomic E-state index is 12.4. The van der Waals surface area contributed by atoms with E-state index in [9.17, 15) is 4.79 Å². The summed E-state index contributed by atoms with van der Waals surface area (Å²) in [5.41, 5.74) is 9.52. The van der Waals surface area contributed by atoms with Gasteiger partial charge in [0.15, 0.2) is 0 Å². The third kappa shape index (κ3) is 5.53. The number of amides is 1. The summed E-state index contributed by atoms with van der Waals surface area (Å²) in [7, 11) is 0. The van der Waals surface area contributed by atoms with Crippen LogP contribution >= 0.6 is 0 Å². The van der Waals surface area contributed by atoms with E-state index in [1.54, 1.807) is 4.90 Å². The first kappa shape index (κ1) is 18.3. The number of hydrogen-bond acceptors (Lipinski definition) is 3. The molecule has 1 aliphatic heterocycles. The van der Waals surface area contributed by atoms with Gasteiger partial charge < -0.3 is 15.4 Å². The fourth-order valence-electron chi connectivity index (χ4n) is 2.92. The summed E-state index contributed by atoms with van der Waals surface area (Å²) < 4.78 is 5.46. The van der Waals surface area contributed by atoms with Crippen LogP contribution in [0.4, 0.5) is 4.79 Å². The number of benzene rings is 1. The number of carbonyl (C=O) groups excluding carboxylic acids is 1. The predicted octanol–water partition coefficient (Wildman–Crippen LogP) is 4.03. The van der Waals surface area contributed by atoms with Crippen LogP contribution in [0, 0.1) is 0 Å². The normalized spacial score (nSPS) is 20.0. The van der Waals surface area contributed by atoms with E-state index in [4.69, 9.17) is 10.5 Å². The molecule has 0 saturated carbocycles. The Morgan fingerprint density at radius 2 is 1.92 bits per heavy atom. The van der Waals surface area contributed by atoms with E-state index in [2.05, 4.69) is 19.1 Å². The van der Waals surface area contributed by atoms with E-state index in [-0.39, 0.29) is 12.1 Å². The van der Waals surface area contributed by atoms with Gasteiger partial charge in [0.2, 0.25) is 0 Å². The van der Waals surface area contributed by atoms with Crippen molar-refractivity contribution in [2.24, 2.45) is 5.73 Å². The number of carbonyl (C=O) groups is 1. The molecule has 0 radical (unpaired) electrons. The summed E-state index contributed by atoms with van der Waals surface area (Å²) in [6.45, 7) is 5.79. The molecule has 130 valence electrons. The zero-order chi connectivity index (χ0) is 17.4. The van der Waals surface area contributed by atoms with Gasteiger partial charge in [-0.25, -0.2) is 4.79 Å². The Hall–Kier alpha value is -2.07. The molecule has 1 saturated heterocycles. The van der Waals surface area contributed by atoms with Gasteiger partial charge >= 0.3 is 6.09 Å². The molecule has 4 nitrogen and oxygen atoms in total. The molecule has 2 N–H and O–H groups in total. The molecule has 1 unspecified atom stereocenters. The molecule has 4 heteroatoms. The highest BCUT2D eigenvalue weighted by molar-refractivity contribution is 5.68. The van der Waals surface area contributed by atoms with Crippen molar-refractivity contribution in [2.45, 2.75) is 45.8 Å². The fraction of sp³-hybridized carbons (Fsp3) is 0.450. The van der Waals surface area contributed by atoms with Crippen LogP contribution in [0.3, 0.4) is 0 Å². The molecule has 2 rings (SSSR count). The molecule has 1 aliphatic rings. The highest BCUT2D eigenvalue weighted by Crippen LogP contribution is 2.24. The lowest BCUT2D eigenvalue weighted by Gasteiger charge is -2.19. The van der Waals surface area contributed by atoms with Crippen LogP contribution in [-0.4, -0.2) is 30.1 Å². The van der Waals surface area contributed by atoms with Crippen molar-refractivity contribution in [3.05, 3.63) is 59.2 Å². The van der Waals surface area contributed by atoms with Crippen molar-refractivity contribution in [2.75, 3.05) is 13.1 Å². The lowest BCUT2D eigenvalue weighted by Crippen LogP contribution is -2.32. The molecule has 0 spiro atoms. The van der Waals surface area contributed by atoms with Gasteiger partial charge in [0, 0.05) is 19.1 Å². The van der Waals surface area contributed by atoms with Gasteiger partial charge in [-0.2, -0.15) is 0 Å². The van der Waals surface area contributed by atoms with Crippen LogP contribution in [0.25, 0.3) is 0 Å². The zero-order valence-electron chi connectivity index (χ0n) is 14.7. The minimum absolute atomic E-state index is 0.0249. The highest BCUT2D eigenvalue weighted by Gasteiger charge is 2.21. The quantitative estimate of drug-likeness (QED) is 0.908. The Balaban J connectivity index is 1.97. The van der Waals surface area contributed by atoms with Gasteiger partial charge in [-0.05, 0) is 42.9 Å². The number of likely N-dealkylation sites (tertiary alicyclic amines) is 1. The number of ether oxygens (including phenoxy) is 1. The van der Waals surface area contributed by atoms with Gasteiger partial charge in [0.05, 0.1) is 0 Å². The largest absolute Gasteiger partial charge is 0.445 e. The molecule has 1 aromatic carbocycles. The zero-order valence-corrected chi connectivity index (χ0v) is 14.7. The topological polar surface area (TPSA) is 55.6 Å². The molecule has 1 amide bonds.